The predicted octanol–water partition coefficient (Wildman–Crippen LogP) is 3.17. The van der Waals surface area contributed by atoms with Gasteiger partial charge in [-0.3, -0.25) is 0 Å². The first-order chi connectivity index (χ1) is 6.18. The van der Waals surface area contributed by atoms with Crippen LogP contribution in [0.25, 0.3) is 0 Å². The second kappa shape index (κ2) is 5.23. The smallest absolute Gasteiger partial charge is 0.0263 e. The third kappa shape index (κ3) is 4.28. The summed E-state index contributed by atoms with van der Waals surface area (Å²) in [6.45, 7) is 4.21. The zero-order chi connectivity index (χ0) is 9.68. The number of hydrogen-bond donors (Lipinski definition) is 1. The molecule has 1 aliphatic carbocycles. The molecule has 13 heavy (non-hydrogen) atoms. The maximum atomic E-state index is 5.99. The number of hydrogen-bond acceptors (Lipinski definition) is 1. The molecule has 1 unspecified atom stereocenters. The van der Waals surface area contributed by atoms with E-state index in [0.717, 1.165) is 6.42 Å². The fourth-order valence-electron chi connectivity index (χ4n) is 1.88. The number of allylic oxidation sites excluding steroid dienone is 2. The first-order valence-corrected chi connectivity index (χ1v) is 5.27. The Bertz CT molecular complexity index is 209. The van der Waals surface area contributed by atoms with Crippen LogP contribution in [0, 0.1) is 0 Å². The van der Waals surface area contributed by atoms with Crippen molar-refractivity contribution < 1.29 is 0 Å². The molecule has 0 aliphatic heterocycles. The van der Waals surface area contributed by atoms with Crippen LogP contribution in [0.1, 0.15) is 46.0 Å². The molecule has 1 nitrogen and oxygen atoms in total. The van der Waals surface area contributed by atoms with Gasteiger partial charge in [0.05, 0.1) is 0 Å². The van der Waals surface area contributed by atoms with Gasteiger partial charge < -0.3 is 5.73 Å². The van der Waals surface area contributed by atoms with Gasteiger partial charge in [-0.25, -0.2) is 0 Å². The van der Waals surface area contributed by atoms with Crippen LogP contribution in [0.5, 0.6) is 0 Å². The van der Waals surface area contributed by atoms with Crippen molar-refractivity contribution >= 4 is 0 Å². The van der Waals surface area contributed by atoms with Crippen LogP contribution in [-0.2, 0) is 0 Å². The summed E-state index contributed by atoms with van der Waals surface area (Å²) in [4.78, 5) is 0. The summed E-state index contributed by atoms with van der Waals surface area (Å²) in [5.74, 6) is 0. The van der Waals surface area contributed by atoms with Crippen LogP contribution < -0.4 is 5.73 Å². The Morgan fingerprint density at radius 1 is 1.54 bits per heavy atom. The van der Waals surface area contributed by atoms with E-state index in [-0.39, 0.29) is 6.04 Å². The van der Waals surface area contributed by atoms with Crippen LogP contribution >= 0.6 is 0 Å². The van der Waals surface area contributed by atoms with Gasteiger partial charge in [-0.2, -0.15) is 0 Å². The standard InChI is InChI=1S/C12H21N/c1-10(2)8-12(13)9-11-6-4-3-5-7-11/h6,8,12H,3-5,7,9,13H2,1-2H3. The van der Waals surface area contributed by atoms with Crippen molar-refractivity contribution in [1.82, 2.24) is 0 Å². The summed E-state index contributed by atoms with van der Waals surface area (Å²) in [5, 5.41) is 0. The Hall–Kier alpha value is -0.560. The quantitative estimate of drug-likeness (QED) is 0.662. The van der Waals surface area contributed by atoms with Crippen LogP contribution in [0.2, 0.25) is 0 Å². The third-order valence-electron chi connectivity index (χ3n) is 2.43. The maximum absolute atomic E-state index is 5.99. The van der Waals surface area contributed by atoms with E-state index in [4.69, 9.17) is 5.73 Å². The molecule has 1 rings (SSSR count). The van der Waals surface area contributed by atoms with Crippen LogP contribution in [0.4, 0.5) is 0 Å². The predicted molar refractivity (Wildman–Crippen MR) is 58.6 cm³/mol. The Labute approximate surface area is 81.7 Å². The first-order valence-electron chi connectivity index (χ1n) is 5.27. The summed E-state index contributed by atoms with van der Waals surface area (Å²) in [5.41, 5.74) is 8.88. The summed E-state index contributed by atoms with van der Waals surface area (Å²) >= 11 is 0. The molecule has 0 spiro atoms. The van der Waals surface area contributed by atoms with E-state index in [1.54, 1.807) is 5.57 Å². The number of rotatable bonds is 3. The van der Waals surface area contributed by atoms with Gasteiger partial charge in [-0.05, 0) is 46.0 Å². The fourth-order valence-corrected chi connectivity index (χ4v) is 1.88. The van der Waals surface area contributed by atoms with E-state index in [9.17, 15) is 0 Å². The molecule has 0 saturated carbocycles. The molecule has 1 aliphatic rings. The second-order valence-electron chi connectivity index (χ2n) is 4.22. The molecule has 0 bridgehead atoms. The van der Waals surface area contributed by atoms with E-state index >= 15 is 0 Å². The van der Waals surface area contributed by atoms with Gasteiger partial charge in [-0.1, -0.05) is 23.3 Å². The van der Waals surface area contributed by atoms with Gasteiger partial charge in [0.15, 0.2) is 0 Å². The topological polar surface area (TPSA) is 26.0 Å². The monoisotopic (exact) mass is 179 g/mol. The molecule has 74 valence electrons. The van der Waals surface area contributed by atoms with Crippen molar-refractivity contribution in [3.8, 4) is 0 Å². The SMILES string of the molecule is CC(C)=CC(N)CC1=CCCCC1. The van der Waals surface area contributed by atoms with Crippen molar-refractivity contribution in [2.75, 3.05) is 0 Å². The molecule has 0 aromatic rings. The molecule has 0 aromatic carbocycles. The lowest BCUT2D eigenvalue weighted by molar-refractivity contribution is 0.653. The lowest BCUT2D eigenvalue weighted by Crippen LogP contribution is -2.18. The molecule has 0 fully saturated rings. The van der Waals surface area contributed by atoms with Gasteiger partial charge in [0.2, 0.25) is 0 Å². The van der Waals surface area contributed by atoms with E-state index in [2.05, 4.69) is 26.0 Å². The van der Waals surface area contributed by atoms with Crippen molar-refractivity contribution in [2.24, 2.45) is 5.73 Å². The normalized spacial score (nSPS) is 19.2. The Balaban J connectivity index is 2.39. The van der Waals surface area contributed by atoms with Crippen molar-refractivity contribution in [3.05, 3.63) is 23.3 Å². The van der Waals surface area contributed by atoms with E-state index < -0.39 is 0 Å². The molecule has 0 radical (unpaired) electrons. The highest BCUT2D eigenvalue weighted by Crippen LogP contribution is 2.21. The van der Waals surface area contributed by atoms with E-state index in [1.807, 2.05) is 0 Å². The molecular weight excluding hydrogens is 158 g/mol. The highest BCUT2D eigenvalue weighted by Gasteiger charge is 2.06. The Morgan fingerprint density at radius 3 is 2.85 bits per heavy atom. The highest BCUT2D eigenvalue weighted by atomic mass is 14.6. The van der Waals surface area contributed by atoms with E-state index in [0.29, 0.717) is 0 Å². The van der Waals surface area contributed by atoms with Gasteiger partial charge in [0.25, 0.3) is 0 Å². The molecule has 0 saturated heterocycles. The second-order valence-corrected chi connectivity index (χ2v) is 4.22. The lowest BCUT2D eigenvalue weighted by atomic mass is 9.94. The maximum Gasteiger partial charge on any atom is 0.0263 e. The molecule has 0 amide bonds. The summed E-state index contributed by atoms with van der Waals surface area (Å²) in [7, 11) is 0. The largest absolute Gasteiger partial charge is 0.324 e. The van der Waals surface area contributed by atoms with Crippen LogP contribution in [0.3, 0.4) is 0 Å². The molecule has 1 heteroatoms. The third-order valence-corrected chi connectivity index (χ3v) is 2.43. The van der Waals surface area contributed by atoms with Gasteiger partial charge >= 0.3 is 0 Å². The van der Waals surface area contributed by atoms with Crippen molar-refractivity contribution in [3.63, 3.8) is 0 Å². The van der Waals surface area contributed by atoms with Gasteiger partial charge in [0.1, 0.15) is 0 Å². The Kier molecular flexibility index (Phi) is 4.23. The fraction of sp³-hybridized carbons (Fsp3) is 0.667. The molecule has 1 atom stereocenters. The zero-order valence-corrected chi connectivity index (χ0v) is 8.84. The van der Waals surface area contributed by atoms with Gasteiger partial charge in [0, 0.05) is 6.04 Å². The van der Waals surface area contributed by atoms with Crippen molar-refractivity contribution in [2.45, 2.75) is 52.0 Å². The molecule has 0 aromatic heterocycles. The average molecular weight is 179 g/mol. The number of nitrogens with two attached hydrogens (primary N) is 1. The van der Waals surface area contributed by atoms with E-state index in [1.165, 1.54) is 31.3 Å². The highest BCUT2D eigenvalue weighted by molar-refractivity contribution is 5.11. The minimum atomic E-state index is 0.231. The lowest BCUT2D eigenvalue weighted by Gasteiger charge is -2.15. The molecular formula is C12H21N. The average Bonchev–Trinajstić information content (AvgIpc) is 2.04. The molecule has 2 N–H and O–H groups in total. The van der Waals surface area contributed by atoms with Gasteiger partial charge in [-0.15, -0.1) is 0 Å². The first kappa shape index (κ1) is 10.5. The van der Waals surface area contributed by atoms with Crippen molar-refractivity contribution in [1.29, 1.82) is 0 Å². The summed E-state index contributed by atoms with van der Waals surface area (Å²) in [6, 6.07) is 0.231. The minimum Gasteiger partial charge on any atom is -0.324 e. The van der Waals surface area contributed by atoms with Crippen LogP contribution in [-0.4, -0.2) is 6.04 Å². The summed E-state index contributed by atoms with van der Waals surface area (Å²) < 4.78 is 0. The zero-order valence-electron chi connectivity index (χ0n) is 8.84. The summed E-state index contributed by atoms with van der Waals surface area (Å²) in [6.07, 6.45) is 10.8. The minimum absolute atomic E-state index is 0.231. The van der Waals surface area contributed by atoms with Crippen LogP contribution in [0.15, 0.2) is 23.3 Å². The Morgan fingerprint density at radius 2 is 2.31 bits per heavy atom. The molecule has 0 heterocycles.